The van der Waals surface area contributed by atoms with Crippen LogP contribution in [-0.2, 0) is 0 Å². The first-order valence-electron chi connectivity index (χ1n) is 5.42. The number of imidazole rings is 1. The third-order valence-corrected chi connectivity index (χ3v) is 2.84. The van der Waals surface area contributed by atoms with E-state index >= 15 is 0 Å². The standard InChI is InChI=1S/C13H12N4/c1-8-4-2-5-9(11(8)14)12-16-10-6-3-7-15-13(10)17-12/h2-7H,14H2,1H3,(H,15,16,17). The highest BCUT2D eigenvalue weighted by Gasteiger charge is 2.09. The van der Waals surface area contributed by atoms with E-state index in [4.69, 9.17) is 5.73 Å². The summed E-state index contributed by atoms with van der Waals surface area (Å²) in [6, 6.07) is 9.75. The topological polar surface area (TPSA) is 67.6 Å². The number of para-hydroxylation sites is 1. The van der Waals surface area contributed by atoms with Crippen LogP contribution < -0.4 is 5.73 Å². The van der Waals surface area contributed by atoms with Crippen LogP contribution in [0.3, 0.4) is 0 Å². The Morgan fingerprint density at radius 1 is 1.18 bits per heavy atom. The SMILES string of the molecule is Cc1cccc(-c2nc3ncccc3[nH]2)c1N. The van der Waals surface area contributed by atoms with Crippen LogP contribution in [0.5, 0.6) is 0 Å². The highest BCUT2D eigenvalue weighted by Crippen LogP contribution is 2.27. The maximum atomic E-state index is 6.06. The van der Waals surface area contributed by atoms with Crippen molar-refractivity contribution in [1.29, 1.82) is 0 Å². The molecule has 0 saturated carbocycles. The molecule has 4 nitrogen and oxygen atoms in total. The second-order valence-corrected chi connectivity index (χ2v) is 4.00. The smallest absolute Gasteiger partial charge is 0.178 e. The molecule has 84 valence electrons. The van der Waals surface area contributed by atoms with Gasteiger partial charge in [0.15, 0.2) is 5.65 Å². The summed E-state index contributed by atoms with van der Waals surface area (Å²) in [6.45, 7) is 1.99. The lowest BCUT2D eigenvalue weighted by atomic mass is 10.1. The Morgan fingerprint density at radius 2 is 2.06 bits per heavy atom. The molecule has 0 amide bonds. The molecule has 0 radical (unpaired) electrons. The molecule has 17 heavy (non-hydrogen) atoms. The highest BCUT2D eigenvalue weighted by molar-refractivity contribution is 5.81. The van der Waals surface area contributed by atoms with Gasteiger partial charge in [-0.25, -0.2) is 9.97 Å². The summed E-state index contributed by atoms with van der Waals surface area (Å²) in [6.07, 6.45) is 1.73. The van der Waals surface area contributed by atoms with Gasteiger partial charge in [0.1, 0.15) is 5.82 Å². The lowest BCUT2D eigenvalue weighted by molar-refractivity contribution is 1.30. The average molecular weight is 224 g/mol. The Labute approximate surface area is 98.5 Å². The van der Waals surface area contributed by atoms with Gasteiger partial charge in [-0.2, -0.15) is 0 Å². The van der Waals surface area contributed by atoms with Gasteiger partial charge in [-0.15, -0.1) is 0 Å². The number of benzene rings is 1. The number of rotatable bonds is 1. The second-order valence-electron chi connectivity index (χ2n) is 4.00. The predicted octanol–water partition coefficient (Wildman–Crippen LogP) is 2.52. The van der Waals surface area contributed by atoms with E-state index in [0.717, 1.165) is 28.2 Å². The first-order chi connectivity index (χ1) is 8.25. The molecule has 0 bridgehead atoms. The Bertz CT molecular complexity index is 652. The molecule has 3 rings (SSSR count). The fourth-order valence-electron chi connectivity index (χ4n) is 1.86. The fourth-order valence-corrected chi connectivity index (χ4v) is 1.86. The number of nitrogens with two attached hydrogens (primary N) is 1. The number of nitrogens with one attached hydrogen (secondary N) is 1. The van der Waals surface area contributed by atoms with Crippen LogP contribution in [0.1, 0.15) is 5.56 Å². The summed E-state index contributed by atoms with van der Waals surface area (Å²) < 4.78 is 0. The van der Waals surface area contributed by atoms with E-state index in [1.165, 1.54) is 0 Å². The van der Waals surface area contributed by atoms with Gasteiger partial charge in [0.25, 0.3) is 0 Å². The molecule has 0 aliphatic heterocycles. The third kappa shape index (κ3) is 1.54. The van der Waals surface area contributed by atoms with Crippen molar-refractivity contribution in [2.24, 2.45) is 0 Å². The van der Waals surface area contributed by atoms with Gasteiger partial charge in [0, 0.05) is 17.4 Å². The van der Waals surface area contributed by atoms with E-state index < -0.39 is 0 Å². The lowest BCUT2D eigenvalue weighted by Crippen LogP contribution is -1.94. The zero-order chi connectivity index (χ0) is 11.8. The van der Waals surface area contributed by atoms with Gasteiger partial charge in [0.05, 0.1) is 5.52 Å². The molecule has 0 atom stereocenters. The zero-order valence-electron chi connectivity index (χ0n) is 9.44. The summed E-state index contributed by atoms with van der Waals surface area (Å²) in [4.78, 5) is 11.9. The molecule has 0 aliphatic carbocycles. The summed E-state index contributed by atoms with van der Waals surface area (Å²) in [7, 11) is 0. The molecule has 4 heteroatoms. The van der Waals surface area contributed by atoms with Crippen molar-refractivity contribution in [3.05, 3.63) is 42.1 Å². The van der Waals surface area contributed by atoms with Gasteiger partial charge in [0.2, 0.25) is 0 Å². The molecule has 0 saturated heterocycles. The Balaban J connectivity index is 2.24. The molecular weight excluding hydrogens is 212 g/mol. The molecule has 3 N–H and O–H groups in total. The van der Waals surface area contributed by atoms with Gasteiger partial charge in [-0.1, -0.05) is 12.1 Å². The number of nitrogens with zero attached hydrogens (tertiary/aromatic N) is 2. The number of fused-ring (bicyclic) bond motifs is 1. The Hall–Kier alpha value is -2.36. The Morgan fingerprint density at radius 3 is 2.88 bits per heavy atom. The van der Waals surface area contributed by atoms with Crippen molar-refractivity contribution >= 4 is 16.9 Å². The van der Waals surface area contributed by atoms with E-state index in [1.807, 2.05) is 37.3 Å². The summed E-state index contributed by atoms with van der Waals surface area (Å²) in [5.41, 5.74) is 10.4. The normalized spacial score (nSPS) is 10.9. The predicted molar refractivity (Wildman–Crippen MR) is 68.5 cm³/mol. The monoisotopic (exact) mass is 224 g/mol. The number of aromatic nitrogens is 3. The van der Waals surface area contributed by atoms with Gasteiger partial charge in [-0.3, -0.25) is 0 Å². The first-order valence-corrected chi connectivity index (χ1v) is 5.42. The van der Waals surface area contributed by atoms with Crippen LogP contribution in [0.4, 0.5) is 5.69 Å². The molecule has 0 aliphatic rings. The number of hydrogen-bond acceptors (Lipinski definition) is 3. The van der Waals surface area contributed by atoms with E-state index in [2.05, 4.69) is 15.0 Å². The molecule has 2 heterocycles. The van der Waals surface area contributed by atoms with Crippen molar-refractivity contribution in [1.82, 2.24) is 15.0 Å². The largest absolute Gasteiger partial charge is 0.398 e. The van der Waals surface area contributed by atoms with Gasteiger partial charge in [-0.05, 0) is 30.7 Å². The number of aryl methyl sites for hydroxylation is 1. The first kappa shape index (κ1) is 9.84. The summed E-state index contributed by atoms with van der Waals surface area (Å²) >= 11 is 0. The minimum Gasteiger partial charge on any atom is -0.398 e. The third-order valence-electron chi connectivity index (χ3n) is 2.84. The van der Waals surface area contributed by atoms with Crippen LogP contribution in [0.15, 0.2) is 36.5 Å². The van der Waals surface area contributed by atoms with Crippen molar-refractivity contribution in [2.75, 3.05) is 5.73 Å². The second kappa shape index (κ2) is 3.59. The van der Waals surface area contributed by atoms with Crippen LogP contribution in [-0.4, -0.2) is 15.0 Å². The van der Waals surface area contributed by atoms with E-state index in [-0.39, 0.29) is 0 Å². The lowest BCUT2D eigenvalue weighted by Gasteiger charge is -2.04. The number of pyridine rings is 1. The number of hydrogen-bond donors (Lipinski definition) is 2. The van der Waals surface area contributed by atoms with Crippen LogP contribution in [0, 0.1) is 6.92 Å². The molecular formula is C13H12N4. The summed E-state index contributed by atoms with van der Waals surface area (Å²) in [5, 5.41) is 0. The van der Waals surface area contributed by atoms with Gasteiger partial charge >= 0.3 is 0 Å². The molecule has 2 aromatic heterocycles. The molecule has 0 unspecified atom stereocenters. The van der Waals surface area contributed by atoms with Crippen LogP contribution in [0.25, 0.3) is 22.6 Å². The number of aromatic amines is 1. The van der Waals surface area contributed by atoms with Crippen molar-refractivity contribution in [3.63, 3.8) is 0 Å². The molecule has 0 spiro atoms. The number of nitrogen functional groups attached to an aromatic ring is 1. The van der Waals surface area contributed by atoms with Crippen molar-refractivity contribution < 1.29 is 0 Å². The highest BCUT2D eigenvalue weighted by atomic mass is 15.0. The maximum Gasteiger partial charge on any atom is 0.178 e. The fraction of sp³-hybridized carbons (Fsp3) is 0.0769. The molecule has 3 aromatic rings. The van der Waals surface area contributed by atoms with Crippen LogP contribution in [0.2, 0.25) is 0 Å². The number of anilines is 1. The zero-order valence-corrected chi connectivity index (χ0v) is 9.44. The Kier molecular flexibility index (Phi) is 2.08. The minimum absolute atomic E-state index is 0.711. The quantitative estimate of drug-likeness (QED) is 0.624. The minimum atomic E-state index is 0.711. The van der Waals surface area contributed by atoms with Crippen LogP contribution >= 0.6 is 0 Å². The molecule has 0 fully saturated rings. The van der Waals surface area contributed by atoms with E-state index in [0.29, 0.717) is 5.65 Å². The van der Waals surface area contributed by atoms with Gasteiger partial charge < -0.3 is 10.7 Å². The maximum absolute atomic E-state index is 6.06. The van der Waals surface area contributed by atoms with Crippen molar-refractivity contribution in [3.8, 4) is 11.4 Å². The average Bonchev–Trinajstić information content (AvgIpc) is 2.76. The summed E-state index contributed by atoms with van der Waals surface area (Å²) in [5.74, 6) is 0.764. The van der Waals surface area contributed by atoms with E-state index in [1.54, 1.807) is 6.20 Å². The van der Waals surface area contributed by atoms with E-state index in [9.17, 15) is 0 Å². The molecule has 1 aromatic carbocycles. The van der Waals surface area contributed by atoms with Crippen molar-refractivity contribution in [2.45, 2.75) is 6.92 Å². The number of H-pyrrole nitrogens is 1.